The van der Waals surface area contributed by atoms with Gasteiger partial charge in [-0.3, -0.25) is 9.80 Å². The van der Waals surface area contributed by atoms with Crippen LogP contribution in [0.4, 0.5) is 9.59 Å². The molecular weight excluding hydrogens is 450 g/mol. The summed E-state index contributed by atoms with van der Waals surface area (Å²) in [5.74, 6) is 0.0970. The summed E-state index contributed by atoms with van der Waals surface area (Å²) >= 11 is 0. The molecule has 10 nitrogen and oxygen atoms in total. The summed E-state index contributed by atoms with van der Waals surface area (Å²) in [5, 5.41) is 5.87. The molecule has 0 spiro atoms. The van der Waals surface area contributed by atoms with E-state index in [1.54, 1.807) is 27.1 Å². The summed E-state index contributed by atoms with van der Waals surface area (Å²) in [6.07, 6.45) is 0.882. The van der Waals surface area contributed by atoms with Crippen molar-refractivity contribution >= 4 is 18.0 Å². The number of amides is 4. The number of methoxy groups -OCH3 is 1. The van der Waals surface area contributed by atoms with E-state index in [-0.39, 0.29) is 24.7 Å². The van der Waals surface area contributed by atoms with Crippen molar-refractivity contribution < 1.29 is 23.9 Å². The quantitative estimate of drug-likeness (QED) is 0.546. The van der Waals surface area contributed by atoms with Crippen molar-refractivity contribution in [1.29, 1.82) is 0 Å². The second kappa shape index (κ2) is 11.9. The molecule has 0 aromatic heterocycles. The van der Waals surface area contributed by atoms with Crippen molar-refractivity contribution in [2.24, 2.45) is 0 Å². The fourth-order valence-electron chi connectivity index (χ4n) is 4.56. The minimum Gasteiger partial charge on any atom is -0.496 e. The first-order valence-corrected chi connectivity index (χ1v) is 12.2. The van der Waals surface area contributed by atoms with Crippen molar-refractivity contribution in [2.45, 2.75) is 39.3 Å². The van der Waals surface area contributed by atoms with Gasteiger partial charge in [0.15, 0.2) is 0 Å². The Bertz CT molecular complexity index is 965. The number of benzene rings is 1. The lowest BCUT2D eigenvalue weighted by molar-refractivity contribution is -0.139. The third-order valence-corrected chi connectivity index (χ3v) is 6.39. The maximum atomic E-state index is 13.2. The molecule has 1 aromatic rings. The summed E-state index contributed by atoms with van der Waals surface area (Å²) < 4.78 is 10.9. The monoisotopic (exact) mass is 487 g/mol. The Morgan fingerprint density at radius 2 is 1.94 bits per heavy atom. The minimum atomic E-state index is -0.706. The fourth-order valence-corrected chi connectivity index (χ4v) is 4.56. The molecule has 1 aromatic carbocycles. The van der Waals surface area contributed by atoms with Crippen LogP contribution >= 0.6 is 0 Å². The number of rotatable bonds is 8. The van der Waals surface area contributed by atoms with Crippen molar-refractivity contribution in [2.75, 3.05) is 53.5 Å². The molecule has 0 saturated carbocycles. The Kier molecular flexibility index (Phi) is 8.97. The molecule has 2 atom stereocenters. The number of ether oxygens (including phenoxy) is 2. The van der Waals surface area contributed by atoms with Crippen LogP contribution in [0.25, 0.3) is 0 Å². The zero-order valence-corrected chi connectivity index (χ0v) is 21.3. The van der Waals surface area contributed by atoms with Gasteiger partial charge in [-0.15, -0.1) is 0 Å². The van der Waals surface area contributed by atoms with Gasteiger partial charge in [-0.2, -0.15) is 0 Å². The molecule has 10 heteroatoms. The highest BCUT2D eigenvalue weighted by Crippen LogP contribution is 2.36. The number of carbonyl (C=O) groups is 3. The van der Waals surface area contributed by atoms with E-state index in [2.05, 4.69) is 15.5 Å². The van der Waals surface area contributed by atoms with Crippen molar-refractivity contribution in [3.8, 4) is 5.75 Å². The Hall–Kier alpha value is -3.27. The number of esters is 1. The van der Waals surface area contributed by atoms with Crippen LogP contribution in [0.15, 0.2) is 35.5 Å². The number of hydrogen-bond acceptors (Lipinski definition) is 6. The van der Waals surface area contributed by atoms with Crippen LogP contribution in [-0.4, -0.2) is 92.3 Å². The van der Waals surface area contributed by atoms with E-state index in [9.17, 15) is 14.4 Å². The van der Waals surface area contributed by atoms with E-state index in [0.717, 1.165) is 6.42 Å². The summed E-state index contributed by atoms with van der Waals surface area (Å²) in [4.78, 5) is 44.1. The van der Waals surface area contributed by atoms with E-state index in [1.165, 1.54) is 4.90 Å². The van der Waals surface area contributed by atoms with E-state index in [0.29, 0.717) is 55.3 Å². The molecule has 1 fully saturated rings. The predicted octanol–water partition coefficient (Wildman–Crippen LogP) is 2.33. The lowest BCUT2D eigenvalue weighted by atomic mass is 9.93. The second-order valence-electron chi connectivity index (χ2n) is 8.77. The molecule has 2 heterocycles. The van der Waals surface area contributed by atoms with Crippen molar-refractivity contribution in [3.63, 3.8) is 0 Å². The number of carbonyl (C=O) groups excluding carboxylic acids is 3. The zero-order chi connectivity index (χ0) is 25.5. The fraction of sp³-hybridized carbons (Fsp3) is 0.560. The normalized spacial score (nSPS) is 21.0. The third kappa shape index (κ3) is 5.87. The number of nitrogens with zero attached hydrogens (tertiary/aromatic N) is 3. The zero-order valence-electron chi connectivity index (χ0n) is 21.3. The Morgan fingerprint density at radius 1 is 1.20 bits per heavy atom. The van der Waals surface area contributed by atoms with Crippen LogP contribution in [-0.2, 0) is 9.53 Å². The molecule has 192 valence electrons. The molecule has 0 radical (unpaired) electrons. The Balaban J connectivity index is 1.92. The number of para-hydroxylation sites is 1. The SMILES string of the molecule is CCCNC(=O)N1CCN(CC2=C(C(=O)OCC)[C@H](c3ccccc3OC)NC(=O)N2C)C[C@@H]1C. The standard InChI is InChI=1S/C25H37N5O5/c1-6-12-26-24(32)30-14-13-29(15-17(30)3)16-19-21(23(31)35-7-2)22(27-25(33)28(19)4)18-10-8-9-11-20(18)34-5/h8-11,17,22H,6-7,12-16H2,1-5H3,(H,26,32)(H,27,33)/t17-,22-/m0/s1. The minimum absolute atomic E-state index is 0.0139. The van der Waals surface area contributed by atoms with E-state index in [1.807, 2.05) is 36.9 Å². The first-order valence-electron chi connectivity index (χ1n) is 12.2. The van der Waals surface area contributed by atoms with Crippen LogP contribution in [0.1, 0.15) is 38.8 Å². The average molecular weight is 488 g/mol. The van der Waals surface area contributed by atoms with Gasteiger partial charge in [-0.1, -0.05) is 25.1 Å². The van der Waals surface area contributed by atoms with Gasteiger partial charge in [0.25, 0.3) is 0 Å². The molecular formula is C25H37N5O5. The lowest BCUT2D eigenvalue weighted by Crippen LogP contribution is -2.58. The number of piperazine rings is 1. The molecule has 1 saturated heterocycles. The number of nitrogens with one attached hydrogen (secondary N) is 2. The predicted molar refractivity (Wildman–Crippen MR) is 132 cm³/mol. The van der Waals surface area contributed by atoms with E-state index < -0.39 is 12.0 Å². The highest BCUT2D eigenvalue weighted by atomic mass is 16.5. The van der Waals surface area contributed by atoms with E-state index >= 15 is 0 Å². The molecule has 35 heavy (non-hydrogen) atoms. The molecule has 4 amide bonds. The smallest absolute Gasteiger partial charge is 0.338 e. The summed E-state index contributed by atoms with van der Waals surface area (Å²) in [6.45, 7) is 8.82. The van der Waals surface area contributed by atoms with Crippen LogP contribution in [0.3, 0.4) is 0 Å². The highest BCUT2D eigenvalue weighted by Gasteiger charge is 2.39. The number of urea groups is 2. The molecule has 3 rings (SSSR count). The molecule has 0 aliphatic carbocycles. The number of hydrogen-bond donors (Lipinski definition) is 2. The van der Waals surface area contributed by atoms with Gasteiger partial charge >= 0.3 is 18.0 Å². The van der Waals surface area contributed by atoms with Crippen molar-refractivity contribution in [1.82, 2.24) is 25.3 Å². The third-order valence-electron chi connectivity index (χ3n) is 6.39. The maximum absolute atomic E-state index is 13.2. The number of likely N-dealkylation sites (N-methyl/N-ethyl adjacent to an activating group) is 1. The van der Waals surface area contributed by atoms with Gasteiger partial charge in [0.05, 0.1) is 25.3 Å². The Morgan fingerprint density at radius 3 is 2.60 bits per heavy atom. The van der Waals surface area contributed by atoms with Gasteiger partial charge in [0.2, 0.25) is 0 Å². The van der Waals surface area contributed by atoms with Gasteiger partial charge in [0.1, 0.15) is 5.75 Å². The van der Waals surface area contributed by atoms with Crippen LogP contribution in [0.2, 0.25) is 0 Å². The van der Waals surface area contributed by atoms with E-state index in [4.69, 9.17) is 9.47 Å². The highest BCUT2D eigenvalue weighted by molar-refractivity contribution is 5.95. The Labute approximate surface area is 207 Å². The van der Waals surface area contributed by atoms with Crippen molar-refractivity contribution in [3.05, 3.63) is 41.1 Å². The lowest BCUT2D eigenvalue weighted by Gasteiger charge is -2.42. The topological polar surface area (TPSA) is 103 Å². The molecule has 2 aliphatic heterocycles. The maximum Gasteiger partial charge on any atom is 0.338 e. The van der Waals surface area contributed by atoms with Gasteiger partial charge in [-0.05, 0) is 26.3 Å². The average Bonchev–Trinajstić information content (AvgIpc) is 2.85. The molecule has 0 bridgehead atoms. The second-order valence-corrected chi connectivity index (χ2v) is 8.77. The van der Waals surface area contributed by atoms with Crippen LogP contribution in [0.5, 0.6) is 5.75 Å². The summed E-state index contributed by atoms with van der Waals surface area (Å²) in [6, 6.07) is 6.22. The molecule has 2 aliphatic rings. The first kappa shape index (κ1) is 26.3. The van der Waals surface area contributed by atoms with Gasteiger partial charge in [-0.25, -0.2) is 14.4 Å². The molecule has 0 unspecified atom stereocenters. The first-order chi connectivity index (χ1) is 16.8. The summed E-state index contributed by atoms with van der Waals surface area (Å²) in [7, 11) is 3.21. The van der Waals surface area contributed by atoms with Crippen LogP contribution in [0, 0.1) is 0 Å². The molecule has 2 N–H and O–H groups in total. The largest absolute Gasteiger partial charge is 0.496 e. The van der Waals surface area contributed by atoms with Gasteiger partial charge in [0, 0.05) is 57.1 Å². The van der Waals surface area contributed by atoms with Crippen LogP contribution < -0.4 is 15.4 Å². The van der Waals surface area contributed by atoms with Gasteiger partial charge < -0.3 is 25.0 Å². The summed E-state index contributed by atoms with van der Waals surface area (Å²) in [5.41, 5.74) is 1.65.